The molecule has 1 aliphatic rings. The summed E-state index contributed by atoms with van der Waals surface area (Å²) in [4.78, 5) is 10.0. The van der Waals surface area contributed by atoms with E-state index < -0.39 is 0 Å². The summed E-state index contributed by atoms with van der Waals surface area (Å²) in [5.74, 6) is 2.96. The lowest BCUT2D eigenvalue weighted by molar-refractivity contribution is 0.483. The van der Waals surface area contributed by atoms with Gasteiger partial charge >= 0.3 is 0 Å². The molecule has 6 aromatic carbocycles. The summed E-state index contributed by atoms with van der Waals surface area (Å²) in [7, 11) is 0. The third-order valence-corrected chi connectivity index (χ3v) is 12.6. The lowest BCUT2D eigenvalue weighted by atomic mass is 9.80. The molecule has 9 rings (SSSR count). The number of nitrogens with zero attached hydrogens (tertiary/aromatic N) is 4. The van der Waals surface area contributed by atoms with E-state index >= 15 is 0 Å². The van der Waals surface area contributed by atoms with Gasteiger partial charge in [-0.3, -0.25) is 4.57 Å². The Kier molecular flexibility index (Phi) is 10.5. The molecule has 0 N–H and O–H groups in total. The molecule has 0 aliphatic carbocycles. The normalized spacial score (nSPS) is 13.4. The van der Waals surface area contributed by atoms with Crippen LogP contribution in [-0.2, 0) is 22.7 Å². The molecule has 0 unspecified atom stereocenters. The first kappa shape index (κ1) is 42.0. The predicted octanol–water partition coefficient (Wildman–Crippen LogP) is 16.0. The van der Waals surface area contributed by atoms with E-state index in [2.05, 4.69) is 236 Å². The Balaban J connectivity index is 1.07. The van der Waals surface area contributed by atoms with Crippen molar-refractivity contribution < 1.29 is 4.74 Å². The summed E-state index contributed by atoms with van der Waals surface area (Å²) in [5, 5.41) is 2.36. The number of anilines is 4. The molecule has 0 radical (unpaired) electrons. The van der Waals surface area contributed by atoms with Gasteiger partial charge < -0.3 is 14.5 Å². The molecule has 8 aromatic rings. The average Bonchev–Trinajstić information content (AvgIpc) is 3.79. The van der Waals surface area contributed by atoms with Crippen molar-refractivity contribution in [2.45, 2.75) is 98.8 Å². The van der Waals surface area contributed by atoms with E-state index in [1.807, 2.05) is 0 Å². The van der Waals surface area contributed by atoms with Crippen LogP contribution in [0.1, 0.15) is 98.4 Å². The Hall–Kier alpha value is -6.33. The topological polar surface area (TPSA) is 33.5 Å². The van der Waals surface area contributed by atoms with Crippen LogP contribution in [0, 0.1) is 5.92 Å². The van der Waals surface area contributed by atoms with Crippen molar-refractivity contribution in [2.24, 2.45) is 5.92 Å². The maximum atomic E-state index is 6.79. The Morgan fingerprint density at radius 2 is 1.14 bits per heavy atom. The van der Waals surface area contributed by atoms with Crippen molar-refractivity contribution in [1.29, 1.82) is 0 Å². The Bertz CT molecular complexity index is 2940. The Morgan fingerprint density at radius 1 is 0.540 bits per heavy atom. The molecule has 5 heteroatoms. The molecule has 0 bridgehead atoms. The van der Waals surface area contributed by atoms with Crippen molar-refractivity contribution in [3.63, 3.8) is 0 Å². The lowest BCUT2D eigenvalue weighted by Gasteiger charge is -2.29. The molecule has 0 fully saturated rings. The number of pyridine rings is 1. The second-order valence-electron chi connectivity index (χ2n) is 21.0. The van der Waals surface area contributed by atoms with E-state index in [0.717, 1.165) is 40.5 Å². The minimum absolute atomic E-state index is 0.0230. The van der Waals surface area contributed by atoms with Crippen molar-refractivity contribution in [1.82, 2.24) is 9.55 Å². The minimum atomic E-state index is 0.0230. The first-order valence-corrected chi connectivity index (χ1v) is 22.6. The van der Waals surface area contributed by atoms with Crippen molar-refractivity contribution >= 4 is 44.6 Å². The van der Waals surface area contributed by atoms with Gasteiger partial charge in [-0.1, -0.05) is 143 Å². The second kappa shape index (κ2) is 15.8. The first-order chi connectivity index (χ1) is 29.9. The lowest BCUT2D eigenvalue weighted by Crippen LogP contribution is -2.25. The summed E-state index contributed by atoms with van der Waals surface area (Å²) < 4.78 is 9.10. The van der Waals surface area contributed by atoms with Crippen molar-refractivity contribution in [3.8, 4) is 28.4 Å². The van der Waals surface area contributed by atoms with Crippen LogP contribution >= 0.6 is 0 Å². The van der Waals surface area contributed by atoms with Crippen LogP contribution in [0.15, 0.2) is 146 Å². The zero-order chi connectivity index (χ0) is 44.4. The van der Waals surface area contributed by atoms with E-state index in [9.17, 15) is 0 Å². The highest BCUT2D eigenvalue weighted by Gasteiger charge is 2.30. The van der Waals surface area contributed by atoms with E-state index in [1.54, 1.807) is 0 Å². The molecule has 0 atom stereocenters. The molecule has 0 saturated carbocycles. The fourth-order valence-electron chi connectivity index (χ4n) is 9.03. The molecule has 63 heavy (non-hydrogen) atoms. The van der Waals surface area contributed by atoms with E-state index in [0.29, 0.717) is 12.6 Å². The summed E-state index contributed by atoms with van der Waals surface area (Å²) in [5.41, 5.74) is 14.7. The third-order valence-electron chi connectivity index (χ3n) is 12.6. The number of rotatable bonds is 8. The van der Waals surface area contributed by atoms with Gasteiger partial charge in [0.1, 0.15) is 24.0 Å². The standard InChI is InChI=1S/C58H62N4O/c1-38(2)29-40-30-55(59-36-50(40)39-23-25-41(26-24-39)56(3,4)5)62-51-20-13-12-19-48(51)49-28-27-47(35-54(49)62)63-46-18-16-17-44(34-46)60-37-61(53-22-15-14-21-52(53)60)45-32-42(57(6,7)8)31-43(33-45)58(9,10)11/h12-28,30-36,38H,29,37H2,1-11H3. The average molecular weight is 831 g/mol. The molecular formula is C58H62N4O. The maximum absolute atomic E-state index is 6.79. The van der Waals surface area contributed by atoms with Gasteiger partial charge in [-0.15, -0.1) is 0 Å². The van der Waals surface area contributed by atoms with Gasteiger partial charge in [0.2, 0.25) is 0 Å². The number of ether oxygens (including phenoxy) is 1. The van der Waals surface area contributed by atoms with Crippen LogP contribution in [0.3, 0.4) is 0 Å². The quantitative estimate of drug-likeness (QED) is 0.153. The fourth-order valence-corrected chi connectivity index (χ4v) is 9.03. The zero-order valence-corrected chi connectivity index (χ0v) is 39.0. The van der Waals surface area contributed by atoms with Crippen LogP contribution in [-0.4, -0.2) is 16.2 Å². The smallest absolute Gasteiger partial charge is 0.137 e. The number of hydrogen-bond acceptors (Lipinski definition) is 4. The van der Waals surface area contributed by atoms with Crippen molar-refractivity contribution in [2.75, 3.05) is 16.5 Å². The monoisotopic (exact) mass is 830 g/mol. The maximum Gasteiger partial charge on any atom is 0.137 e. The molecule has 0 amide bonds. The van der Waals surface area contributed by atoms with Crippen molar-refractivity contribution in [3.05, 3.63) is 168 Å². The number of fused-ring (bicyclic) bond motifs is 4. The molecule has 1 aliphatic heterocycles. The summed E-state index contributed by atoms with van der Waals surface area (Å²) in [6.07, 6.45) is 3.03. The molecule has 320 valence electrons. The summed E-state index contributed by atoms with van der Waals surface area (Å²) in [6.45, 7) is 25.9. The van der Waals surface area contributed by atoms with Gasteiger partial charge in [0.05, 0.1) is 22.4 Å². The Labute approximate surface area is 375 Å². The Morgan fingerprint density at radius 3 is 1.79 bits per heavy atom. The van der Waals surface area contributed by atoms with Crippen LogP contribution in [0.2, 0.25) is 0 Å². The molecule has 5 nitrogen and oxygen atoms in total. The molecule has 3 heterocycles. The third kappa shape index (κ3) is 8.22. The van der Waals surface area contributed by atoms with Crippen LogP contribution < -0.4 is 14.5 Å². The zero-order valence-electron chi connectivity index (χ0n) is 39.0. The molecular weight excluding hydrogens is 769 g/mol. The van der Waals surface area contributed by atoms with E-state index in [-0.39, 0.29) is 16.2 Å². The van der Waals surface area contributed by atoms with Gasteiger partial charge in [-0.2, -0.15) is 0 Å². The number of hydrogen-bond donors (Lipinski definition) is 0. The SMILES string of the molecule is CC(C)Cc1cc(-n2c3ccccc3c3ccc(Oc4cccc(N5CN(c6cc(C(C)(C)C)cc(C(C)(C)C)c6)c6ccccc65)c4)cc32)ncc1-c1ccc(C(C)(C)C)cc1. The van der Waals surface area contributed by atoms with Gasteiger partial charge in [-0.25, -0.2) is 4.98 Å². The summed E-state index contributed by atoms with van der Waals surface area (Å²) >= 11 is 0. The van der Waals surface area contributed by atoms with Gasteiger partial charge in [0.15, 0.2) is 0 Å². The second-order valence-corrected chi connectivity index (χ2v) is 21.0. The minimum Gasteiger partial charge on any atom is -0.457 e. The first-order valence-electron chi connectivity index (χ1n) is 22.6. The van der Waals surface area contributed by atoms with Crippen LogP contribution in [0.5, 0.6) is 11.5 Å². The van der Waals surface area contributed by atoms with Gasteiger partial charge in [0, 0.05) is 46.0 Å². The van der Waals surface area contributed by atoms with Crippen LogP contribution in [0.4, 0.5) is 22.7 Å². The van der Waals surface area contributed by atoms with Gasteiger partial charge in [0.25, 0.3) is 0 Å². The molecule has 2 aromatic heterocycles. The molecule has 0 saturated heterocycles. The van der Waals surface area contributed by atoms with E-state index in [1.165, 1.54) is 61.2 Å². The summed E-state index contributed by atoms with van der Waals surface area (Å²) in [6, 6.07) is 50.8. The predicted molar refractivity (Wildman–Crippen MR) is 267 cm³/mol. The highest BCUT2D eigenvalue weighted by Crippen LogP contribution is 2.47. The van der Waals surface area contributed by atoms with Crippen LogP contribution in [0.25, 0.3) is 38.8 Å². The number of benzene rings is 6. The highest BCUT2D eigenvalue weighted by molar-refractivity contribution is 6.09. The number of para-hydroxylation sites is 3. The molecule has 0 spiro atoms. The fraction of sp³-hybridized carbons (Fsp3) is 0.293. The number of aromatic nitrogens is 2. The van der Waals surface area contributed by atoms with Gasteiger partial charge in [-0.05, 0) is 117 Å². The largest absolute Gasteiger partial charge is 0.457 e. The highest BCUT2D eigenvalue weighted by atomic mass is 16.5. The van der Waals surface area contributed by atoms with E-state index in [4.69, 9.17) is 9.72 Å².